The molecule has 0 aromatic carbocycles. The Kier molecular flexibility index (Phi) is 4.39. The van der Waals surface area contributed by atoms with Gasteiger partial charge in [-0.25, -0.2) is 0 Å². The molecule has 1 saturated carbocycles. The second-order valence-corrected chi connectivity index (χ2v) is 4.69. The average molecular weight is 199 g/mol. The summed E-state index contributed by atoms with van der Waals surface area (Å²) in [4.78, 5) is 10.3. The van der Waals surface area contributed by atoms with Crippen molar-refractivity contribution in [3.05, 3.63) is 0 Å². The van der Waals surface area contributed by atoms with E-state index >= 15 is 0 Å². The fraction of sp³-hybridized carbons (Fsp3) is 0.909. The van der Waals surface area contributed by atoms with E-state index in [-0.39, 0.29) is 6.42 Å². The van der Waals surface area contributed by atoms with E-state index in [0.717, 1.165) is 19.5 Å². The lowest BCUT2D eigenvalue weighted by atomic mass is 9.89. The molecule has 0 atom stereocenters. The standard InChI is InChI=1S/C11H21NO2/c1-11(6-2-3-7-11)9-12-8-4-5-10(13)14/h12H,2-9H2,1H3,(H,13,14). The Morgan fingerprint density at radius 2 is 2.07 bits per heavy atom. The van der Waals surface area contributed by atoms with Gasteiger partial charge in [0.2, 0.25) is 0 Å². The van der Waals surface area contributed by atoms with Crippen molar-refractivity contribution in [2.45, 2.75) is 45.4 Å². The lowest BCUT2D eigenvalue weighted by Crippen LogP contribution is -2.30. The largest absolute Gasteiger partial charge is 0.481 e. The van der Waals surface area contributed by atoms with Crippen molar-refractivity contribution >= 4 is 5.97 Å². The van der Waals surface area contributed by atoms with Crippen LogP contribution in [0.5, 0.6) is 0 Å². The number of nitrogens with one attached hydrogen (secondary N) is 1. The Hall–Kier alpha value is -0.570. The highest BCUT2D eigenvalue weighted by molar-refractivity contribution is 5.66. The minimum atomic E-state index is -0.695. The Balaban J connectivity index is 2.00. The summed E-state index contributed by atoms with van der Waals surface area (Å²) in [5.74, 6) is -0.695. The smallest absolute Gasteiger partial charge is 0.303 e. The normalized spacial score (nSPS) is 19.8. The van der Waals surface area contributed by atoms with Gasteiger partial charge in [-0.3, -0.25) is 4.79 Å². The molecular formula is C11H21NO2. The molecule has 1 aliphatic carbocycles. The lowest BCUT2D eigenvalue weighted by Gasteiger charge is -2.23. The first-order valence-corrected chi connectivity index (χ1v) is 5.55. The summed E-state index contributed by atoms with van der Waals surface area (Å²) in [5.41, 5.74) is 0.475. The third-order valence-corrected chi connectivity index (χ3v) is 3.11. The third kappa shape index (κ3) is 4.09. The number of carboxylic acid groups (broad SMARTS) is 1. The van der Waals surface area contributed by atoms with Gasteiger partial charge >= 0.3 is 5.97 Å². The number of carbonyl (C=O) groups is 1. The van der Waals surface area contributed by atoms with Crippen LogP contribution in [0.1, 0.15) is 45.4 Å². The molecule has 0 radical (unpaired) electrons. The van der Waals surface area contributed by atoms with E-state index in [2.05, 4.69) is 12.2 Å². The molecule has 14 heavy (non-hydrogen) atoms. The van der Waals surface area contributed by atoms with E-state index in [4.69, 9.17) is 5.11 Å². The molecule has 0 spiro atoms. The summed E-state index contributed by atoms with van der Waals surface area (Å²) in [6.07, 6.45) is 6.37. The van der Waals surface area contributed by atoms with Crippen molar-refractivity contribution in [3.8, 4) is 0 Å². The fourth-order valence-corrected chi connectivity index (χ4v) is 2.16. The molecule has 1 aliphatic rings. The Morgan fingerprint density at radius 3 is 2.64 bits per heavy atom. The van der Waals surface area contributed by atoms with Crippen LogP contribution < -0.4 is 5.32 Å². The van der Waals surface area contributed by atoms with Gasteiger partial charge in [0.15, 0.2) is 0 Å². The number of carboxylic acids is 1. The molecule has 1 fully saturated rings. The van der Waals surface area contributed by atoms with Gasteiger partial charge in [-0.2, -0.15) is 0 Å². The summed E-state index contributed by atoms with van der Waals surface area (Å²) < 4.78 is 0. The second kappa shape index (κ2) is 5.35. The molecule has 0 saturated heterocycles. The molecule has 0 bridgehead atoms. The summed E-state index contributed by atoms with van der Waals surface area (Å²) in [6.45, 7) is 4.21. The highest BCUT2D eigenvalue weighted by Gasteiger charge is 2.27. The van der Waals surface area contributed by atoms with Crippen molar-refractivity contribution in [1.82, 2.24) is 5.32 Å². The molecule has 0 aliphatic heterocycles. The summed E-state index contributed by atoms with van der Waals surface area (Å²) in [7, 11) is 0. The third-order valence-electron chi connectivity index (χ3n) is 3.11. The van der Waals surface area contributed by atoms with Gasteiger partial charge < -0.3 is 10.4 Å². The van der Waals surface area contributed by atoms with E-state index in [0.29, 0.717) is 5.41 Å². The van der Waals surface area contributed by atoms with Crippen LogP contribution in [-0.4, -0.2) is 24.2 Å². The van der Waals surface area contributed by atoms with Crippen LogP contribution in [-0.2, 0) is 4.79 Å². The Labute approximate surface area is 85.9 Å². The van der Waals surface area contributed by atoms with Crippen molar-refractivity contribution in [3.63, 3.8) is 0 Å². The SMILES string of the molecule is CC1(CNCCCC(=O)O)CCCC1. The van der Waals surface area contributed by atoms with Crippen LogP contribution in [0.3, 0.4) is 0 Å². The van der Waals surface area contributed by atoms with E-state index in [9.17, 15) is 4.79 Å². The molecule has 0 heterocycles. The van der Waals surface area contributed by atoms with Crippen molar-refractivity contribution in [1.29, 1.82) is 0 Å². The first-order chi connectivity index (χ1) is 6.62. The van der Waals surface area contributed by atoms with Crippen molar-refractivity contribution in [2.24, 2.45) is 5.41 Å². The minimum Gasteiger partial charge on any atom is -0.481 e. The number of aliphatic carboxylic acids is 1. The fourth-order valence-electron chi connectivity index (χ4n) is 2.16. The van der Waals surface area contributed by atoms with Gasteiger partial charge in [-0.1, -0.05) is 19.8 Å². The number of hydrogen-bond acceptors (Lipinski definition) is 2. The van der Waals surface area contributed by atoms with Crippen LogP contribution in [0.15, 0.2) is 0 Å². The summed E-state index contributed by atoms with van der Waals surface area (Å²) in [6, 6.07) is 0. The van der Waals surface area contributed by atoms with Crippen LogP contribution in [0.4, 0.5) is 0 Å². The summed E-state index contributed by atoms with van der Waals surface area (Å²) >= 11 is 0. The molecule has 3 nitrogen and oxygen atoms in total. The predicted octanol–water partition coefficient (Wildman–Crippen LogP) is 2.02. The van der Waals surface area contributed by atoms with Crippen molar-refractivity contribution < 1.29 is 9.90 Å². The summed E-state index contributed by atoms with van der Waals surface area (Å²) in [5, 5.41) is 11.8. The van der Waals surface area contributed by atoms with Crippen LogP contribution in [0.2, 0.25) is 0 Å². The van der Waals surface area contributed by atoms with Gasteiger partial charge in [0, 0.05) is 13.0 Å². The van der Waals surface area contributed by atoms with Crippen LogP contribution in [0.25, 0.3) is 0 Å². The highest BCUT2D eigenvalue weighted by Crippen LogP contribution is 2.36. The first kappa shape index (κ1) is 11.5. The van der Waals surface area contributed by atoms with E-state index in [1.165, 1.54) is 25.7 Å². The maximum atomic E-state index is 10.3. The van der Waals surface area contributed by atoms with Gasteiger partial charge in [0.05, 0.1) is 0 Å². The van der Waals surface area contributed by atoms with Gasteiger partial charge in [-0.15, -0.1) is 0 Å². The molecule has 3 heteroatoms. The van der Waals surface area contributed by atoms with E-state index < -0.39 is 5.97 Å². The average Bonchev–Trinajstić information content (AvgIpc) is 2.51. The lowest BCUT2D eigenvalue weighted by molar-refractivity contribution is -0.137. The predicted molar refractivity (Wildman–Crippen MR) is 56.3 cm³/mol. The molecule has 0 aromatic heterocycles. The number of hydrogen-bond donors (Lipinski definition) is 2. The van der Waals surface area contributed by atoms with E-state index in [1.807, 2.05) is 0 Å². The van der Waals surface area contributed by atoms with Gasteiger partial charge in [0.25, 0.3) is 0 Å². The van der Waals surface area contributed by atoms with Gasteiger partial charge in [-0.05, 0) is 31.2 Å². The van der Waals surface area contributed by atoms with Crippen LogP contribution >= 0.6 is 0 Å². The zero-order chi connectivity index (χ0) is 10.4. The molecular weight excluding hydrogens is 178 g/mol. The minimum absolute atomic E-state index is 0.281. The van der Waals surface area contributed by atoms with Crippen molar-refractivity contribution in [2.75, 3.05) is 13.1 Å². The van der Waals surface area contributed by atoms with E-state index in [1.54, 1.807) is 0 Å². The zero-order valence-electron chi connectivity index (χ0n) is 9.01. The quantitative estimate of drug-likeness (QED) is 0.643. The molecule has 0 aromatic rings. The monoisotopic (exact) mass is 199 g/mol. The topological polar surface area (TPSA) is 49.3 Å². The second-order valence-electron chi connectivity index (χ2n) is 4.69. The first-order valence-electron chi connectivity index (χ1n) is 5.55. The Morgan fingerprint density at radius 1 is 1.43 bits per heavy atom. The Bertz CT molecular complexity index is 186. The molecule has 0 amide bonds. The number of rotatable bonds is 6. The molecule has 2 N–H and O–H groups in total. The highest BCUT2D eigenvalue weighted by atomic mass is 16.4. The maximum Gasteiger partial charge on any atom is 0.303 e. The van der Waals surface area contributed by atoms with Crippen LogP contribution in [0, 0.1) is 5.41 Å². The zero-order valence-corrected chi connectivity index (χ0v) is 9.01. The van der Waals surface area contributed by atoms with Gasteiger partial charge in [0.1, 0.15) is 0 Å². The molecule has 82 valence electrons. The molecule has 1 rings (SSSR count). The maximum absolute atomic E-state index is 10.3. The molecule has 0 unspecified atom stereocenters.